The first kappa shape index (κ1) is 12.8. The van der Waals surface area contributed by atoms with Crippen molar-refractivity contribution in [3.8, 4) is 18.4 Å². The van der Waals surface area contributed by atoms with Crippen LogP contribution in [-0.2, 0) is 16.0 Å². The molecule has 0 aromatic heterocycles. The molecule has 0 aliphatic heterocycles. The maximum Gasteiger partial charge on any atom is 0.323 e. The molecule has 86 valence electrons. The lowest BCUT2D eigenvalue weighted by atomic mass is 9.97. The summed E-state index contributed by atoms with van der Waals surface area (Å²) < 4.78 is 4.83. The van der Waals surface area contributed by atoms with Gasteiger partial charge in [-0.25, -0.2) is 0 Å². The highest BCUT2D eigenvalue weighted by atomic mass is 16.5. The maximum absolute atomic E-state index is 11.5. The zero-order valence-corrected chi connectivity index (χ0v) is 9.64. The number of nitrogens with zero attached hydrogens (tertiary/aromatic N) is 1. The molecule has 3 nitrogen and oxygen atoms in total. The van der Waals surface area contributed by atoms with Gasteiger partial charge < -0.3 is 4.74 Å². The average molecular weight is 227 g/mol. The Bertz CT molecular complexity index is 480. The van der Waals surface area contributed by atoms with Crippen LogP contribution in [0.1, 0.15) is 18.1 Å². The third kappa shape index (κ3) is 3.36. The van der Waals surface area contributed by atoms with Gasteiger partial charge in [-0.2, -0.15) is 5.26 Å². The topological polar surface area (TPSA) is 50.1 Å². The molecule has 0 N–H and O–H groups in total. The zero-order chi connectivity index (χ0) is 12.7. The van der Waals surface area contributed by atoms with Gasteiger partial charge in [0.15, 0.2) is 0 Å². The Morgan fingerprint density at radius 1 is 1.53 bits per heavy atom. The summed E-state index contributed by atoms with van der Waals surface area (Å²) in [7, 11) is 0. The summed E-state index contributed by atoms with van der Waals surface area (Å²) in [6.07, 6.45) is 5.64. The van der Waals surface area contributed by atoms with E-state index in [9.17, 15) is 4.79 Å². The first-order valence-electron chi connectivity index (χ1n) is 5.33. The number of ether oxygens (including phenoxy) is 1. The van der Waals surface area contributed by atoms with E-state index in [0.29, 0.717) is 5.56 Å². The third-order valence-corrected chi connectivity index (χ3v) is 2.32. The molecule has 0 spiro atoms. The van der Waals surface area contributed by atoms with Crippen LogP contribution < -0.4 is 0 Å². The van der Waals surface area contributed by atoms with E-state index in [1.165, 1.54) is 0 Å². The van der Waals surface area contributed by atoms with Gasteiger partial charge >= 0.3 is 5.97 Å². The second kappa shape index (κ2) is 6.35. The fourth-order valence-electron chi connectivity index (χ4n) is 1.48. The minimum Gasteiger partial charge on any atom is -0.465 e. The van der Waals surface area contributed by atoms with Crippen LogP contribution >= 0.6 is 0 Å². The number of terminal acetylenes is 1. The van der Waals surface area contributed by atoms with Crippen LogP contribution in [0.3, 0.4) is 0 Å². The van der Waals surface area contributed by atoms with Crippen LogP contribution in [0, 0.1) is 29.6 Å². The lowest BCUT2D eigenvalue weighted by molar-refractivity contribution is -0.145. The van der Waals surface area contributed by atoms with Crippen molar-refractivity contribution in [3.05, 3.63) is 35.4 Å². The summed E-state index contributed by atoms with van der Waals surface area (Å²) in [5, 5.41) is 8.95. The van der Waals surface area contributed by atoms with E-state index in [1.807, 2.05) is 24.3 Å². The van der Waals surface area contributed by atoms with E-state index in [4.69, 9.17) is 16.4 Å². The number of nitriles is 1. The minimum atomic E-state index is -0.801. The van der Waals surface area contributed by atoms with Crippen LogP contribution in [-0.4, -0.2) is 12.6 Å². The van der Waals surface area contributed by atoms with Crippen molar-refractivity contribution >= 4 is 5.97 Å². The van der Waals surface area contributed by atoms with Crippen molar-refractivity contribution in [1.82, 2.24) is 0 Å². The molecule has 0 saturated carbocycles. The predicted octanol–water partition coefficient (Wildman–Crippen LogP) is 1.91. The first-order chi connectivity index (χ1) is 8.22. The predicted molar refractivity (Wildman–Crippen MR) is 63.8 cm³/mol. The van der Waals surface area contributed by atoms with Crippen LogP contribution in [0.5, 0.6) is 0 Å². The fraction of sp³-hybridized carbons (Fsp3) is 0.286. The molecule has 3 heteroatoms. The number of carbonyl (C=O) groups excluding carboxylic acids is 1. The lowest BCUT2D eigenvalue weighted by Gasteiger charge is -2.09. The molecule has 0 aliphatic carbocycles. The smallest absolute Gasteiger partial charge is 0.323 e. The van der Waals surface area contributed by atoms with Gasteiger partial charge in [0.05, 0.1) is 12.7 Å². The van der Waals surface area contributed by atoms with E-state index >= 15 is 0 Å². The molecular formula is C14H13NO2. The molecule has 0 bridgehead atoms. The van der Waals surface area contributed by atoms with E-state index in [2.05, 4.69) is 5.92 Å². The number of benzene rings is 1. The monoisotopic (exact) mass is 227 g/mol. The highest BCUT2D eigenvalue weighted by Gasteiger charge is 2.20. The molecule has 17 heavy (non-hydrogen) atoms. The number of hydrogen-bond acceptors (Lipinski definition) is 3. The van der Waals surface area contributed by atoms with Crippen molar-refractivity contribution < 1.29 is 9.53 Å². The number of hydrogen-bond donors (Lipinski definition) is 0. The Labute approximate surface area is 101 Å². The van der Waals surface area contributed by atoms with Gasteiger partial charge in [-0.05, 0) is 18.6 Å². The zero-order valence-electron chi connectivity index (χ0n) is 9.64. The molecule has 1 rings (SSSR count). The van der Waals surface area contributed by atoms with Crippen LogP contribution in [0.2, 0.25) is 0 Å². The molecule has 0 saturated heterocycles. The van der Waals surface area contributed by atoms with Gasteiger partial charge in [-0.1, -0.05) is 24.1 Å². The highest BCUT2D eigenvalue weighted by molar-refractivity contribution is 5.75. The van der Waals surface area contributed by atoms with E-state index < -0.39 is 11.9 Å². The maximum atomic E-state index is 11.5. The van der Waals surface area contributed by atoms with Crippen molar-refractivity contribution in [2.45, 2.75) is 13.3 Å². The summed E-state index contributed by atoms with van der Waals surface area (Å²) in [6, 6.07) is 9.20. The normalized spacial score (nSPS) is 11.0. The Morgan fingerprint density at radius 2 is 2.24 bits per heavy atom. The molecule has 1 unspecified atom stereocenters. The Balaban J connectivity index is 2.86. The van der Waals surface area contributed by atoms with Gasteiger partial charge in [0, 0.05) is 12.0 Å². The lowest BCUT2D eigenvalue weighted by Crippen LogP contribution is -2.18. The Hall–Kier alpha value is -2.26. The van der Waals surface area contributed by atoms with Gasteiger partial charge in [0.2, 0.25) is 0 Å². The molecule has 0 fully saturated rings. The SMILES string of the molecule is C#Cc1ccccc1CC(C#N)C(=O)OCC. The molecule has 0 aliphatic rings. The van der Waals surface area contributed by atoms with Crippen LogP contribution in [0.15, 0.2) is 24.3 Å². The number of esters is 1. The average Bonchev–Trinajstić information content (AvgIpc) is 2.36. The molecule has 1 atom stereocenters. The summed E-state index contributed by atoms with van der Waals surface area (Å²) >= 11 is 0. The summed E-state index contributed by atoms with van der Waals surface area (Å²) in [4.78, 5) is 11.5. The Kier molecular flexibility index (Phi) is 4.78. The third-order valence-electron chi connectivity index (χ3n) is 2.32. The van der Waals surface area contributed by atoms with Gasteiger partial charge in [-0.15, -0.1) is 6.42 Å². The number of carbonyl (C=O) groups is 1. The van der Waals surface area contributed by atoms with E-state index in [-0.39, 0.29) is 13.0 Å². The standard InChI is InChI=1S/C14H13NO2/c1-3-11-7-5-6-8-12(11)9-13(10-15)14(16)17-4-2/h1,5-8,13H,4,9H2,2H3. The van der Waals surface area contributed by atoms with Crippen molar-refractivity contribution in [2.24, 2.45) is 5.92 Å². The van der Waals surface area contributed by atoms with Crippen molar-refractivity contribution in [1.29, 1.82) is 5.26 Å². The second-order valence-corrected chi connectivity index (χ2v) is 3.44. The summed E-state index contributed by atoms with van der Waals surface area (Å²) in [5.41, 5.74) is 1.52. The molecule has 0 radical (unpaired) electrons. The summed E-state index contributed by atoms with van der Waals surface area (Å²) in [5.74, 6) is 1.23. The van der Waals surface area contributed by atoms with Gasteiger partial charge in [-0.3, -0.25) is 4.79 Å². The van der Waals surface area contributed by atoms with Crippen LogP contribution in [0.4, 0.5) is 0 Å². The van der Waals surface area contributed by atoms with E-state index in [1.54, 1.807) is 13.0 Å². The van der Waals surface area contributed by atoms with E-state index in [0.717, 1.165) is 5.56 Å². The second-order valence-electron chi connectivity index (χ2n) is 3.44. The minimum absolute atomic E-state index is 0.272. The summed E-state index contributed by atoms with van der Waals surface area (Å²) in [6.45, 7) is 1.98. The van der Waals surface area contributed by atoms with Gasteiger partial charge in [0.1, 0.15) is 5.92 Å². The van der Waals surface area contributed by atoms with Crippen molar-refractivity contribution in [3.63, 3.8) is 0 Å². The molecule has 0 amide bonds. The first-order valence-corrected chi connectivity index (χ1v) is 5.33. The van der Waals surface area contributed by atoms with Crippen LogP contribution in [0.25, 0.3) is 0 Å². The molecule has 0 heterocycles. The molecular weight excluding hydrogens is 214 g/mol. The largest absolute Gasteiger partial charge is 0.465 e. The molecule has 1 aromatic rings. The molecule has 1 aromatic carbocycles. The quantitative estimate of drug-likeness (QED) is 0.583. The van der Waals surface area contributed by atoms with Crippen molar-refractivity contribution in [2.75, 3.05) is 6.61 Å². The fourth-order valence-corrected chi connectivity index (χ4v) is 1.48. The Morgan fingerprint density at radius 3 is 2.82 bits per heavy atom. The van der Waals surface area contributed by atoms with Gasteiger partial charge in [0.25, 0.3) is 0 Å². The number of rotatable bonds is 4. The highest BCUT2D eigenvalue weighted by Crippen LogP contribution is 2.14.